The van der Waals surface area contributed by atoms with Crippen molar-refractivity contribution in [1.82, 2.24) is 4.90 Å². The van der Waals surface area contributed by atoms with E-state index in [4.69, 9.17) is 5.11 Å². The summed E-state index contributed by atoms with van der Waals surface area (Å²) in [6.07, 6.45) is 3.47. The van der Waals surface area contributed by atoms with Crippen LogP contribution in [0.3, 0.4) is 0 Å². The summed E-state index contributed by atoms with van der Waals surface area (Å²) >= 11 is 3.16. The molecule has 20 heavy (non-hydrogen) atoms. The van der Waals surface area contributed by atoms with E-state index >= 15 is 0 Å². The highest BCUT2D eigenvalue weighted by atomic mass is 79.9. The lowest BCUT2D eigenvalue weighted by Gasteiger charge is -2.27. The van der Waals surface area contributed by atoms with Crippen LogP contribution in [0.5, 0.6) is 0 Å². The van der Waals surface area contributed by atoms with Gasteiger partial charge in [-0.3, -0.25) is 9.59 Å². The number of nitrogens with zero attached hydrogens (tertiary/aromatic N) is 1. The van der Waals surface area contributed by atoms with Gasteiger partial charge in [0, 0.05) is 10.5 Å². The first-order valence-corrected chi connectivity index (χ1v) is 7.26. The van der Waals surface area contributed by atoms with E-state index in [0.29, 0.717) is 4.47 Å². The third kappa shape index (κ3) is 3.17. The van der Waals surface area contributed by atoms with Gasteiger partial charge < -0.3 is 10.0 Å². The van der Waals surface area contributed by atoms with Crippen LogP contribution in [-0.4, -0.2) is 34.5 Å². The summed E-state index contributed by atoms with van der Waals surface area (Å²) in [5.74, 6) is -2.29. The highest BCUT2D eigenvalue weighted by Gasteiger charge is 2.31. The molecule has 0 saturated heterocycles. The van der Waals surface area contributed by atoms with Crippen LogP contribution in [-0.2, 0) is 4.79 Å². The Kier molecular flexibility index (Phi) is 4.75. The summed E-state index contributed by atoms with van der Waals surface area (Å²) in [6.45, 7) is -0.399. The SMILES string of the molecule is O=C(O)CN(C(=O)c1c(F)cccc1Br)C1CCCC1. The fraction of sp³-hybridized carbons (Fsp3) is 0.429. The standard InChI is InChI=1S/C14H15BrFNO3/c15-10-6-3-7-11(16)13(10)14(20)17(8-12(18)19)9-4-1-2-5-9/h3,6-7,9H,1-2,4-5,8H2,(H,18,19). The summed E-state index contributed by atoms with van der Waals surface area (Å²) in [4.78, 5) is 24.8. The van der Waals surface area contributed by atoms with E-state index in [1.165, 1.54) is 17.0 Å². The molecule has 2 rings (SSSR count). The van der Waals surface area contributed by atoms with Gasteiger partial charge in [-0.05, 0) is 40.9 Å². The topological polar surface area (TPSA) is 57.6 Å². The Balaban J connectivity index is 2.32. The molecule has 0 aliphatic heterocycles. The Labute approximate surface area is 124 Å². The molecular weight excluding hydrogens is 329 g/mol. The molecule has 4 nitrogen and oxygen atoms in total. The quantitative estimate of drug-likeness (QED) is 0.913. The molecule has 0 atom stereocenters. The molecule has 0 unspecified atom stereocenters. The van der Waals surface area contributed by atoms with Crippen molar-refractivity contribution in [2.75, 3.05) is 6.54 Å². The van der Waals surface area contributed by atoms with Crippen LogP contribution in [0.15, 0.2) is 22.7 Å². The Morgan fingerprint density at radius 2 is 2.00 bits per heavy atom. The van der Waals surface area contributed by atoms with Crippen LogP contribution < -0.4 is 0 Å². The molecule has 1 amide bonds. The number of carboxylic acid groups (broad SMARTS) is 1. The van der Waals surface area contributed by atoms with Gasteiger partial charge in [0.1, 0.15) is 12.4 Å². The van der Waals surface area contributed by atoms with Crippen LogP contribution in [0, 0.1) is 5.82 Å². The molecule has 6 heteroatoms. The predicted molar refractivity (Wildman–Crippen MR) is 75.0 cm³/mol. The Morgan fingerprint density at radius 1 is 1.35 bits per heavy atom. The van der Waals surface area contributed by atoms with Crippen LogP contribution in [0.2, 0.25) is 0 Å². The van der Waals surface area contributed by atoms with Crippen molar-refractivity contribution in [3.63, 3.8) is 0 Å². The highest BCUT2D eigenvalue weighted by molar-refractivity contribution is 9.10. The van der Waals surface area contributed by atoms with Gasteiger partial charge in [-0.15, -0.1) is 0 Å². The Morgan fingerprint density at radius 3 is 2.55 bits per heavy atom. The van der Waals surface area contributed by atoms with Crippen molar-refractivity contribution >= 4 is 27.8 Å². The number of hydrogen-bond acceptors (Lipinski definition) is 2. The molecule has 1 aromatic carbocycles. The van der Waals surface area contributed by atoms with Gasteiger partial charge >= 0.3 is 5.97 Å². The second kappa shape index (κ2) is 6.35. The number of benzene rings is 1. The summed E-state index contributed by atoms with van der Waals surface area (Å²) in [7, 11) is 0. The van der Waals surface area contributed by atoms with Crippen molar-refractivity contribution in [3.8, 4) is 0 Å². The zero-order chi connectivity index (χ0) is 14.7. The lowest BCUT2D eigenvalue weighted by atomic mass is 10.1. The van der Waals surface area contributed by atoms with Gasteiger partial charge in [0.2, 0.25) is 0 Å². The molecule has 1 aromatic rings. The number of halogens is 2. The number of carboxylic acids is 1. The largest absolute Gasteiger partial charge is 0.480 e. The fourth-order valence-electron chi connectivity index (χ4n) is 2.57. The zero-order valence-corrected chi connectivity index (χ0v) is 12.4. The lowest BCUT2D eigenvalue weighted by Crippen LogP contribution is -2.42. The lowest BCUT2D eigenvalue weighted by molar-refractivity contribution is -0.138. The summed E-state index contributed by atoms with van der Waals surface area (Å²) in [6, 6.07) is 4.15. The van der Waals surface area contributed by atoms with Gasteiger partial charge in [0.05, 0.1) is 5.56 Å². The monoisotopic (exact) mass is 343 g/mol. The van der Waals surface area contributed by atoms with E-state index in [1.54, 1.807) is 6.07 Å². The maximum atomic E-state index is 13.9. The average Bonchev–Trinajstić information content (AvgIpc) is 2.88. The Hall–Kier alpha value is -1.43. The van der Waals surface area contributed by atoms with Crippen molar-refractivity contribution in [2.24, 2.45) is 0 Å². The smallest absolute Gasteiger partial charge is 0.323 e. The van der Waals surface area contributed by atoms with E-state index in [1.807, 2.05) is 0 Å². The number of amides is 1. The first kappa shape index (κ1) is 15.0. The molecule has 0 bridgehead atoms. The highest BCUT2D eigenvalue weighted by Crippen LogP contribution is 2.27. The van der Waals surface area contributed by atoms with Crippen LogP contribution in [0.25, 0.3) is 0 Å². The number of aliphatic carboxylic acids is 1. The van der Waals surface area contributed by atoms with Crippen LogP contribution in [0.4, 0.5) is 4.39 Å². The van der Waals surface area contributed by atoms with Crippen LogP contribution in [0.1, 0.15) is 36.0 Å². The molecular formula is C14H15BrFNO3. The van der Waals surface area contributed by atoms with Gasteiger partial charge in [-0.1, -0.05) is 18.9 Å². The fourth-order valence-corrected chi connectivity index (χ4v) is 3.09. The second-order valence-electron chi connectivity index (χ2n) is 4.86. The van der Waals surface area contributed by atoms with Crippen molar-refractivity contribution in [3.05, 3.63) is 34.1 Å². The Bertz CT molecular complexity index is 509. The number of hydrogen-bond donors (Lipinski definition) is 1. The van der Waals surface area contributed by atoms with Crippen LogP contribution >= 0.6 is 15.9 Å². The van der Waals surface area contributed by atoms with Crippen molar-refractivity contribution in [1.29, 1.82) is 0 Å². The predicted octanol–water partition coefficient (Wildman–Crippen LogP) is 3.06. The van der Waals surface area contributed by atoms with Gasteiger partial charge in [0.25, 0.3) is 5.91 Å². The normalized spacial score (nSPS) is 15.3. The number of rotatable bonds is 4. The van der Waals surface area contributed by atoms with Crippen molar-refractivity contribution in [2.45, 2.75) is 31.7 Å². The maximum absolute atomic E-state index is 13.9. The summed E-state index contributed by atoms with van der Waals surface area (Å²) in [5, 5.41) is 8.98. The molecule has 1 aliphatic carbocycles. The molecule has 0 radical (unpaired) electrons. The van der Waals surface area contributed by atoms with E-state index in [-0.39, 0.29) is 11.6 Å². The molecule has 0 spiro atoms. The van der Waals surface area contributed by atoms with E-state index in [9.17, 15) is 14.0 Å². The second-order valence-corrected chi connectivity index (χ2v) is 5.72. The zero-order valence-electron chi connectivity index (χ0n) is 10.8. The van der Waals surface area contributed by atoms with Gasteiger partial charge in [-0.25, -0.2) is 4.39 Å². The molecule has 1 N–H and O–H groups in total. The van der Waals surface area contributed by atoms with E-state index in [0.717, 1.165) is 25.7 Å². The van der Waals surface area contributed by atoms with Crippen molar-refractivity contribution < 1.29 is 19.1 Å². The third-order valence-corrected chi connectivity index (χ3v) is 4.17. The molecule has 0 aromatic heterocycles. The number of carbonyl (C=O) groups excluding carboxylic acids is 1. The van der Waals surface area contributed by atoms with Gasteiger partial charge in [-0.2, -0.15) is 0 Å². The first-order chi connectivity index (χ1) is 9.50. The summed E-state index contributed by atoms with van der Waals surface area (Å²) < 4.78 is 14.2. The molecule has 108 valence electrons. The van der Waals surface area contributed by atoms with E-state index in [2.05, 4.69) is 15.9 Å². The summed E-state index contributed by atoms with van der Waals surface area (Å²) in [5.41, 5.74) is -0.0966. The number of carbonyl (C=O) groups is 2. The molecule has 1 fully saturated rings. The average molecular weight is 344 g/mol. The minimum absolute atomic E-state index is 0.0966. The third-order valence-electron chi connectivity index (χ3n) is 3.51. The molecule has 1 saturated carbocycles. The molecule has 0 heterocycles. The van der Waals surface area contributed by atoms with E-state index < -0.39 is 24.2 Å². The minimum atomic E-state index is -1.09. The minimum Gasteiger partial charge on any atom is -0.480 e. The maximum Gasteiger partial charge on any atom is 0.323 e. The van der Waals surface area contributed by atoms with Gasteiger partial charge in [0.15, 0.2) is 0 Å². The first-order valence-electron chi connectivity index (χ1n) is 6.47. The molecule has 1 aliphatic rings.